The first kappa shape index (κ1) is 12.8. The second kappa shape index (κ2) is 5.06. The van der Waals surface area contributed by atoms with Gasteiger partial charge in [-0.05, 0) is 50.3 Å². The minimum atomic E-state index is 0.256. The highest BCUT2D eigenvalue weighted by molar-refractivity contribution is 7.09. The van der Waals surface area contributed by atoms with E-state index >= 15 is 0 Å². The van der Waals surface area contributed by atoms with Gasteiger partial charge in [0.2, 0.25) is 0 Å². The summed E-state index contributed by atoms with van der Waals surface area (Å²) < 4.78 is 0. The highest BCUT2D eigenvalue weighted by Crippen LogP contribution is 2.32. The van der Waals surface area contributed by atoms with Crippen LogP contribution in [0, 0.1) is 20.8 Å². The van der Waals surface area contributed by atoms with Crippen molar-refractivity contribution in [3.8, 4) is 0 Å². The molecule has 0 amide bonds. The number of aromatic nitrogens is 1. The lowest BCUT2D eigenvalue weighted by Crippen LogP contribution is -2.25. The lowest BCUT2D eigenvalue weighted by atomic mass is 9.97. The fourth-order valence-corrected chi connectivity index (χ4v) is 3.24. The summed E-state index contributed by atoms with van der Waals surface area (Å²) in [4.78, 5) is 4.70. The predicted molar refractivity (Wildman–Crippen MR) is 80.8 cm³/mol. The molecule has 1 aromatic carbocycles. The summed E-state index contributed by atoms with van der Waals surface area (Å²) >= 11 is 1.76. The average molecular weight is 272 g/mol. The summed E-state index contributed by atoms with van der Waals surface area (Å²) in [5.41, 5.74) is 5.23. The van der Waals surface area contributed by atoms with E-state index in [-0.39, 0.29) is 6.04 Å². The molecule has 2 nitrogen and oxygen atoms in total. The third kappa shape index (κ3) is 2.72. The molecule has 1 unspecified atom stereocenters. The predicted octanol–water partition coefficient (Wildman–Crippen LogP) is 3.91. The maximum absolute atomic E-state index is 4.70. The Morgan fingerprint density at radius 2 is 2.05 bits per heavy atom. The molecule has 2 aromatic rings. The molecular weight excluding hydrogens is 252 g/mol. The summed E-state index contributed by atoms with van der Waals surface area (Å²) in [6, 6.07) is 7.50. The van der Waals surface area contributed by atoms with Crippen LogP contribution in [0.3, 0.4) is 0 Å². The fourth-order valence-electron chi connectivity index (χ4n) is 2.37. The van der Waals surface area contributed by atoms with E-state index in [4.69, 9.17) is 4.98 Å². The zero-order valence-electron chi connectivity index (χ0n) is 11.7. The molecule has 3 rings (SSSR count). The van der Waals surface area contributed by atoms with E-state index in [1.54, 1.807) is 11.3 Å². The third-order valence-corrected chi connectivity index (χ3v) is 4.85. The SMILES string of the molecule is Cc1csc(C(NC2CC2)c2cccc(C)c2C)n1. The Balaban J connectivity index is 2.00. The Hall–Kier alpha value is -1.19. The van der Waals surface area contributed by atoms with Crippen molar-refractivity contribution in [1.82, 2.24) is 10.3 Å². The van der Waals surface area contributed by atoms with Crippen LogP contribution in [0.2, 0.25) is 0 Å². The van der Waals surface area contributed by atoms with Gasteiger partial charge in [0.05, 0.1) is 6.04 Å². The van der Waals surface area contributed by atoms with Gasteiger partial charge in [-0.3, -0.25) is 0 Å². The monoisotopic (exact) mass is 272 g/mol. The van der Waals surface area contributed by atoms with Crippen molar-refractivity contribution in [2.45, 2.75) is 45.7 Å². The Labute approximate surface area is 118 Å². The topological polar surface area (TPSA) is 24.9 Å². The quantitative estimate of drug-likeness (QED) is 0.912. The summed E-state index contributed by atoms with van der Waals surface area (Å²) in [6.07, 6.45) is 2.59. The third-order valence-electron chi connectivity index (χ3n) is 3.82. The largest absolute Gasteiger partial charge is 0.301 e. The first-order valence-corrected chi connectivity index (χ1v) is 7.77. The van der Waals surface area contributed by atoms with Gasteiger partial charge in [-0.1, -0.05) is 18.2 Å². The summed E-state index contributed by atoms with van der Waals surface area (Å²) in [5, 5.41) is 7.09. The van der Waals surface area contributed by atoms with Crippen molar-refractivity contribution in [1.29, 1.82) is 0 Å². The second-order valence-electron chi connectivity index (χ2n) is 5.49. The number of nitrogens with one attached hydrogen (secondary N) is 1. The van der Waals surface area contributed by atoms with E-state index in [9.17, 15) is 0 Å². The highest BCUT2D eigenvalue weighted by atomic mass is 32.1. The van der Waals surface area contributed by atoms with Crippen LogP contribution in [-0.4, -0.2) is 11.0 Å². The number of rotatable bonds is 4. The summed E-state index contributed by atoms with van der Waals surface area (Å²) in [5.74, 6) is 0. The van der Waals surface area contributed by atoms with Gasteiger partial charge in [-0.25, -0.2) is 4.98 Å². The molecule has 0 saturated heterocycles. The molecule has 1 fully saturated rings. The molecule has 1 N–H and O–H groups in total. The number of benzene rings is 1. The first-order valence-electron chi connectivity index (χ1n) is 6.89. The van der Waals surface area contributed by atoms with Gasteiger partial charge in [0.1, 0.15) is 5.01 Å². The van der Waals surface area contributed by atoms with Crippen molar-refractivity contribution in [2.24, 2.45) is 0 Å². The number of aryl methyl sites for hydroxylation is 2. The molecule has 1 atom stereocenters. The zero-order chi connectivity index (χ0) is 13.4. The average Bonchev–Trinajstić information content (AvgIpc) is 3.11. The number of hydrogen-bond acceptors (Lipinski definition) is 3. The fraction of sp³-hybridized carbons (Fsp3) is 0.438. The number of nitrogens with zero attached hydrogens (tertiary/aromatic N) is 1. The van der Waals surface area contributed by atoms with Crippen LogP contribution in [-0.2, 0) is 0 Å². The molecule has 1 aromatic heterocycles. The van der Waals surface area contributed by atoms with Crippen LogP contribution >= 0.6 is 11.3 Å². The van der Waals surface area contributed by atoms with Crippen LogP contribution < -0.4 is 5.32 Å². The lowest BCUT2D eigenvalue weighted by Gasteiger charge is -2.20. The van der Waals surface area contributed by atoms with E-state index in [2.05, 4.69) is 49.7 Å². The van der Waals surface area contributed by atoms with Gasteiger partial charge in [-0.2, -0.15) is 0 Å². The Morgan fingerprint density at radius 3 is 2.68 bits per heavy atom. The molecule has 1 saturated carbocycles. The van der Waals surface area contributed by atoms with Gasteiger partial charge >= 0.3 is 0 Å². The van der Waals surface area contributed by atoms with Gasteiger partial charge in [-0.15, -0.1) is 11.3 Å². The molecular formula is C16H20N2S. The van der Waals surface area contributed by atoms with Crippen molar-refractivity contribution < 1.29 is 0 Å². The second-order valence-corrected chi connectivity index (χ2v) is 6.38. The maximum Gasteiger partial charge on any atom is 0.114 e. The molecule has 1 aliphatic rings. The van der Waals surface area contributed by atoms with Gasteiger partial charge in [0.25, 0.3) is 0 Å². The van der Waals surface area contributed by atoms with Gasteiger partial charge in [0.15, 0.2) is 0 Å². The van der Waals surface area contributed by atoms with Crippen LogP contribution in [0.1, 0.15) is 46.3 Å². The van der Waals surface area contributed by atoms with Crippen LogP contribution in [0.4, 0.5) is 0 Å². The normalized spacial score (nSPS) is 16.6. The Bertz CT molecular complexity index is 584. The maximum atomic E-state index is 4.70. The minimum Gasteiger partial charge on any atom is -0.301 e. The van der Waals surface area contributed by atoms with Gasteiger partial charge < -0.3 is 5.32 Å². The van der Waals surface area contributed by atoms with E-state index in [1.807, 2.05) is 0 Å². The van der Waals surface area contributed by atoms with E-state index < -0.39 is 0 Å². The standard InChI is InChI=1S/C16H20N2S/c1-10-5-4-6-14(12(10)3)15(18-13-7-8-13)16-17-11(2)9-19-16/h4-6,9,13,15,18H,7-8H2,1-3H3. The Kier molecular flexibility index (Phi) is 3.42. The molecule has 19 heavy (non-hydrogen) atoms. The van der Waals surface area contributed by atoms with Crippen LogP contribution in [0.25, 0.3) is 0 Å². The minimum absolute atomic E-state index is 0.256. The molecule has 3 heteroatoms. The number of thiazole rings is 1. The van der Waals surface area contributed by atoms with Crippen molar-refractivity contribution in [3.63, 3.8) is 0 Å². The van der Waals surface area contributed by atoms with Crippen molar-refractivity contribution in [3.05, 3.63) is 51.0 Å². The molecule has 1 aliphatic carbocycles. The summed E-state index contributed by atoms with van der Waals surface area (Å²) in [6.45, 7) is 6.46. The number of hydrogen-bond donors (Lipinski definition) is 1. The first-order chi connectivity index (χ1) is 9.15. The summed E-state index contributed by atoms with van der Waals surface area (Å²) in [7, 11) is 0. The molecule has 0 bridgehead atoms. The van der Waals surface area contributed by atoms with E-state index in [0.29, 0.717) is 6.04 Å². The van der Waals surface area contributed by atoms with Crippen LogP contribution in [0.5, 0.6) is 0 Å². The molecule has 1 heterocycles. The zero-order valence-corrected chi connectivity index (χ0v) is 12.6. The van der Waals surface area contributed by atoms with Crippen LogP contribution in [0.15, 0.2) is 23.6 Å². The lowest BCUT2D eigenvalue weighted by molar-refractivity contribution is 0.594. The van der Waals surface area contributed by atoms with E-state index in [0.717, 1.165) is 5.69 Å². The van der Waals surface area contributed by atoms with Gasteiger partial charge in [0, 0.05) is 17.1 Å². The smallest absolute Gasteiger partial charge is 0.114 e. The molecule has 0 aliphatic heterocycles. The highest BCUT2D eigenvalue weighted by Gasteiger charge is 2.28. The van der Waals surface area contributed by atoms with Crippen molar-refractivity contribution in [2.75, 3.05) is 0 Å². The van der Waals surface area contributed by atoms with Crippen molar-refractivity contribution >= 4 is 11.3 Å². The molecule has 100 valence electrons. The molecule has 0 spiro atoms. The molecule has 0 radical (unpaired) electrons. The van der Waals surface area contributed by atoms with E-state index in [1.165, 1.54) is 34.5 Å². The Morgan fingerprint density at radius 1 is 1.26 bits per heavy atom.